The smallest absolute Gasteiger partial charge is 0.0974 e. The highest BCUT2D eigenvalue weighted by atomic mass is 16.3. The number of hydrogen-bond donors (Lipinski definition) is 1. The zero-order chi connectivity index (χ0) is 7.40. The van der Waals surface area contributed by atoms with Crippen molar-refractivity contribution in [1.82, 2.24) is 0 Å². The fourth-order valence-corrected chi connectivity index (χ4v) is 0.761. The lowest BCUT2D eigenvalue weighted by Gasteiger charge is -2.02. The lowest BCUT2D eigenvalue weighted by molar-refractivity contribution is 0.229. The van der Waals surface area contributed by atoms with Crippen LogP contribution in [0.2, 0.25) is 0 Å². The monoisotopic (exact) mass is 133 g/mol. The number of aliphatic hydroxyl groups is 1. The van der Waals surface area contributed by atoms with E-state index in [-0.39, 0.29) is 0 Å². The molecule has 0 saturated heterocycles. The highest BCUT2D eigenvalue weighted by Crippen LogP contribution is 2.11. The van der Waals surface area contributed by atoms with E-state index >= 15 is 0 Å². The van der Waals surface area contributed by atoms with Gasteiger partial charge in [0.15, 0.2) is 0 Å². The number of benzene rings is 1. The van der Waals surface area contributed by atoms with E-state index < -0.39 is 6.10 Å². The second kappa shape index (κ2) is 3.18. The van der Waals surface area contributed by atoms with Gasteiger partial charge in [-0.25, -0.2) is 0 Å². The molecule has 0 aliphatic carbocycles. The number of aliphatic hydroxyl groups excluding tert-OH is 1. The van der Waals surface area contributed by atoms with Crippen LogP contribution in [0.3, 0.4) is 0 Å². The molecule has 1 atom stereocenters. The van der Waals surface area contributed by atoms with Gasteiger partial charge in [0.2, 0.25) is 0 Å². The Bertz CT molecular complexity index is 203. The van der Waals surface area contributed by atoms with Crippen LogP contribution in [0.25, 0.3) is 0 Å². The fourth-order valence-electron chi connectivity index (χ4n) is 0.761. The minimum Gasteiger partial charge on any atom is -0.384 e. The van der Waals surface area contributed by atoms with Gasteiger partial charge in [-0.1, -0.05) is 43.0 Å². The third-order valence-corrected chi connectivity index (χ3v) is 1.32. The molecule has 1 rings (SSSR count). The normalized spacial score (nSPS) is 12.5. The third kappa shape index (κ3) is 1.45. The molecule has 0 unspecified atom stereocenters. The zero-order valence-electron chi connectivity index (χ0n) is 5.57. The quantitative estimate of drug-likeness (QED) is 0.651. The van der Waals surface area contributed by atoms with Gasteiger partial charge in [0.1, 0.15) is 0 Å². The zero-order valence-corrected chi connectivity index (χ0v) is 5.57. The van der Waals surface area contributed by atoms with Crippen molar-refractivity contribution >= 4 is 0 Å². The van der Waals surface area contributed by atoms with Crippen LogP contribution in [0.5, 0.6) is 0 Å². The fraction of sp³-hybridized carbons (Fsp3) is 0.111. The van der Waals surface area contributed by atoms with Crippen molar-refractivity contribution in [2.45, 2.75) is 6.10 Å². The molecule has 0 aliphatic rings. The maximum Gasteiger partial charge on any atom is 0.0974 e. The molecule has 0 bridgehead atoms. The second-order valence-electron chi connectivity index (χ2n) is 2.05. The van der Waals surface area contributed by atoms with Crippen LogP contribution in [0, 0.1) is 6.58 Å². The maximum absolute atomic E-state index is 9.15. The largest absolute Gasteiger partial charge is 0.384 e. The maximum atomic E-state index is 9.15. The molecule has 0 saturated carbocycles. The Hall–Kier alpha value is -1.08. The lowest BCUT2D eigenvalue weighted by atomic mass is 10.1. The summed E-state index contributed by atoms with van der Waals surface area (Å²) in [6.45, 7) is 5.13. The van der Waals surface area contributed by atoms with Crippen LogP contribution in [-0.4, -0.2) is 5.11 Å². The first-order valence-corrected chi connectivity index (χ1v) is 3.12. The van der Waals surface area contributed by atoms with Gasteiger partial charge >= 0.3 is 0 Å². The van der Waals surface area contributed by atoms with Crippen LogP contribution in [0.4, 0.5) is 0 Å². The van der Waals surface area contributed by atoms with Crippen LogP contribution >= 0.6 is 0 Å². The Morgan fingerprint density at radius 2 is 1.90 bits per heavy atom. The minimum atomic E-state index is -0.638. The van der Waals surface area contributed by atoms with E-state index in [1.807, 2.05) is 30.3 Å². The van der Waals surface area contributed by atoms with Crippen molar-refractivity contribution in [2.75, 3.05) is 0 Å². The molecule has 1 nitrogen and oxygen atoms in total. The molecule has 1 aromatic carbocycles. The van der Waals surface area contributed by atoms with Gasteiger partial charge in [-0.2, -0.15) is 0 Å². The molecule has 0 aliphatic heterocycles. The van der Waals surface area contributed by atoms with Crippen molar-refractivity contribution in [1.29, 1.82) is 0 Å². The summed E-state index contributed by atoms with van der Waals surface area (Å²) in [4.78, 5) is 0. The summed E-state index contributed by atoms with van der Waals surface area (Å²) in [5, 5.41) is 9.15. The van der Waals surface area contributed by atoms with Gasteiger partial charge in [0, 0.05) is 0 Å². The summed E-state index contributed by atoms with van der Waals surface area (Å²) in [6.07, 6.45) is 0.621. The second-order valence-corrected chi connectivity index (χ2v) is 2.05. The van der Waals surface area contributed by atoms with Crippen molar-refractivity contribution in [3.8, 4) is 0 Å². The molecule has 1 heteroatoms. The van der Waals surface area contributed by atoms with E-state index in [2.05, 4.69) is 0 Å². The molecule has 1 N–H and O–H groups in total. The topological polar surface area (TPSA) is 20.2 Å². The van der Waals surface area contributed by atoms with Gasteiger partial charge in [-0.05, 0) is 5.56 Å². The van der Waals surface area contributed by atoms with Crippen LogP contribution < -0.4 is 0 Å². The minimum absolute atomic E-state index is 0.638. The highest BCUT2D eigenvalue weighted by Gasteiger charge is 1.98. The standard InChI is InChI=1S/C9H9O/c1-2-9(10)8-6-4-3-5-7-8/h1-7,9-10H/t9-/m1/s1. The number of rotatable bonds is 2. The average molecular weight is 133 g/mol. The SMILES string of the molecule is [CH]=C[C@@H](O)c1ccccc1. The summed E-state index contributed by atoms with van der Waals surface area (Å²) in [5.41, 5.74) is 0.824. The first-order chi connectivity index (χ1) is 4.84. The van der Waals surface area contributed by atoms with E-state index in [9.17, 15) is 0 Å². The molecule has 0 fully saturated rings. The van der Waals surface area contributed by atoms with E-state index in [0.717, 1.165) is 5.56 Å². The first kappa shape index (κ1) is 7.03. The van der Waals surface area contributed by atoms with Crippen LogP contribution in [0.1, 0.15) is 11.7 Å². The predicted octanol–water partition coefficient (Wildman–Crippen LogP) is 1.71. The van der Waals surface area contributed by atoms with Gasteiger partial charge in [0.25, 0.3) is 0 Å². The van der Waals surface area contributed by atoms with E-state index in [1.54, 1.807) is 0 Å². The molecular weight excluding hydrogens is 124 g/mol. The van der Waals surface area contributed by atoms with Crippen molar-refractivity contribution in [3.63, 3.8) is 0 Å². The molecule has 1 aromatic rings. The Morgan fingerprint density at radius 3 is 2.40 bits per heavy atom. The van der Waals surface area contributed by atoms with E-state index in [4.69, 9.17) is 11.7 Å². The Morgan fingerprint density at radius 1 is 1.30 bits per heavy atom. The molecule has 51 valence electrons. The van der Waals surface area contributed by atoms with Crippen molar-refractivity contribution < 1.29 is 5.11 Å². The summed E-state index contributed by atoms with van der Waals surface area (Å²) in [6, 6.07) is 9.28. The van der Waals surface area contributed by atoms with Crippen LogP contribution in [-0.2, 0) is 0 Å². The van der Waals surface area contributed by atoms with E-state index in [0.29, 0.717) is 0 Å². The molecule has 0 amide bonds. The Balaban J connectivity index is 2.84. The lowest BCUT2D eigenvalue weighted by Crippen LogP contribution is -1.90. The number of hydrogen-bond acceptors (Lipinski definition) is 1. The Kier molecular flexibility index (Phi) is 2.24. The summed E-state index contributed by atoms with van der Waals surface area (Å²) in [7, 11) is 0. The molecule has 10 heavy (non-hydrogen) atoms. The summed E-state index contributed by atoms with van der Waals surface area (Å²) in [5.74, 6) is 0. The first-order valence-electron chi connectivity index (χ1n) is 3.12. The van der Waals surface area contributed by atoms with Crippen molar-refractivity contribution in [3.05, 3.63) is 48.6 Å². The van der Waals surface area contributed by atoms with Crippen molar-refractivity contribution in [2.24, 2.45) is 0 Å². The van der Waals surface area contributed by atoms with Gasteiger partial charge in [-0.15, -0.1) is 0 Å². The molecule has 0 heterocycles. The molecular formula is C9H9O. The molecule has 0 aromatic heterocycles. The molecule has 1 radical (unpaired) electrons. The summed E-state index contributed by atoms with van der Waals surface area (Å²) < 4.78 is 0. The Labute approximate surface area is 60.6 Å². The molecule has 0 spiro atoms. The van der Waals surface area contributed by atoms with Gasteiger partial charge < -0.3 is 5.11 Å². The van der Waals surface area contributed by atoms with Gasteiger partial charge in [-0.3, -0.25) is 0 Å². The third-order valence-electron chi connectivity index (χ3n) is 1.32. The average Bonchev–Trinajstić information content (AvgIpc) is 2.05. The van der Waals surface area contributed by atoms with Crippen LogP contribution in [0.15, 0.2) is 36.4 Å². The van der Waals surface area contributed by atoms with Gasteiger partial charge in [0.05, 0.1) is 6.10 Å². The predicted molar refractivity (Wildman–Crippen MR) is 40.3 cm³/mol. The van der Waals surface area contributed by atoms with E-state index in [1.165, 1.54) is 6.08 Å². The summed E-state index contributed by atoms with van der Waals surface area (Å²) >= 11 is 0. The highest BCUT2D eigenvalue weighted by molar-refractivity contribution is 5.19.